The summed E-state index contributed by atoms with van der Waals surface area (Å²) in [6.07, 6.45) is 6.54. The highest BCUT2D eigenvalue weighted by molar-refractivity contribution is 5.61. The average molecular weight is 286 g/mol. The molecule has 4 nitrogen and oxygen atoms in total. The smallest absolute Gasteiger partial charge is 0.166 e. The number of methoxy groups -OCH3 is 1. The zero-order chi connectivity index (χ0) is 14.6. The summed E-state index contributed by atoms with van der Waals surface area (Å²) in [5, 5.41) is 0. The highest BCUT2D eigenvalue weighted by atomic mass is 16.5. The second kappa shape index (κ2) is 4.49. The first-order valence-corrected chi connectivity index (χ1v) is 7.64. The fraction of sp³-hybridized carbons (Fsp3) is 0.529. The third-order valence-corrected chi connectivity index (χ3v) is 5.20. The zero-order valence-corrected chi connectivity index (χ0v) is 12.6. The number of nitrogens with zero attached hydrogens (tertiary/aromatic N) is 1. The van der Waals surface area contributed by atoms with Crippen molar-refractivity contribution in [2.45, 2.75) is 36.9 Å². The highest BCUT2D eigenvalue weighted by Crippen LogP contribution is 2.55. The Hall–Kier alpha value is -1.52. The Morgan fingerprint density at radius 1 is 1.43 bits per heavy atom. The van der Waals surface area contributed by atoms with E-state index in [-0.39, 0.29) is 17.6 Å². The van der Waals surface area contributed by atoms with Gasteiger partial charge in [0.25, 0.3) is 0 Å². The minimum Gasteiger partial charge on any atom is -0.493 e. The van der Waals surface area contributed by atoms with Gasteiger partial charge in [-0.3, -0.25) is 0 Å². The van der Waals surface area contributed by atoms with Gasteiger partial charge in [-0.05, 0) is 31.6 Å². The second-order valence-corrected chi connectivity index (χ2v) is 6.52. The van der Waals surface area contributed by atoms with Crippen LogP contribution in [-0.2, 0) is 12.0 Å². The molecule has 0 amide bonds. The summed E-state index contributed by atoms with van der Waals surface area (Å²) in [5.41, 5.74) is 8.78. The Kier molecular flexibility index (Phi) is 2.81. The van der Waals surface area contributed by atoms with Gasteiger partial charge in [-0.1, -0.05) is 18.2 Å². The lowest BCUT2D eigenvalue weighted by atomic mass is 9.69. The highest BCUT2D eigenvalue weighted by Gasteiger charge is 2.52. The molecule has 4 rings (SSSR count). The number of ether oxygens (including phenoxy) is 2. The van der Waals surface area contributed by atoms with Crippen LogP contribution in [0.5, 0.6) is 11.5 Å². The van der Waals surface area contributed by atoms with Gasteiger partial charge in [0.15, 0.2) is 11.5 Å². The molecule has 2 heterocycles. The maximum atomic E-state index is 6.33. The van der Waals surface area contributed by atoms with Crippen LogP contribution in [-0.4, -0.2) is 37.7 Å². The quantitative estimate of drug-likeness (QED) is 0.800. The van der Waals surface area contributed by atoms with Crippen molar-refractivity contribution in [1.82, 2.24) is 4.90 Å². The Morgan fingerprint density at radius 3 is 3.10 bits per heavy atom. The van der Waals surface area contributed by atoms with Gasteiger partial charge < -0.3 is 20.1 Å². The van der Waals surface area contributed by atoms with Crippen molar-refractivity contribution < 1.29 is 9.47 Å². The largest absolute Gasteiger partial charge is 0.493 e. The summed E-state index contributed by atoms with van der Waals surface area (Å²) in [5.74, 6) is 1.78. The SMILES string of the molecule is COc1ccc2c3c1O[C@H]1C[C@H](N)C=C[C@@]31CCN(C)C2. The maximum Gasteiger partial charge on any atom is 0.166 e. The Morgan fingerprint density at radius 2 is 2.29 bits per heavy atom. The molecule has 0 radical (unpaired) electrons. The number of hydrogen-bond donors (Lipinski definition) is 1. The minimum atomic E-state index is -0.0279. The standard InChI is InChI=1S/C17H22N2O2/c1-19-8-7-17-6-5-12(18)9-14(17)21-16-13(20-2)4-3-11(10-19)15(16)17/h3-6,12,14H,7-10,18H2,1-2H3/t12-,14+,17+/m1/s1. The van der Waals surface area contributed by atoms with Crippen molar-refractivity contribution in [3.63, 3.8) is 0 Å². The lowest BCUT2D eigenvalue weighted by Crippen LogP contribution is -2.44. The van der Waals surface area contributed by atoms with Gasteiger partial charge in [0.05, 0.1) is 12.5 Å². The van der Waals surface area contributed by atoms with E-state index < -0.39 is 0 Å². The molecular formula is C17H22N2O2. The van der Waals surface area contributed by atoms with Gasteiger partial charge in [-0.2, -0.15) is 0 Å². The van der Waals surface area contributed by atoms with Crippen molar-refractivity contribution in [3.05, 3.63) is 35.4 Å². The van der Waals surface area contributed by atoms with Crippen LogP contribution in [0.2, 0.25) is 0 Å². The maximum absolute atomic E-state index is 6.33. The van der Waals surface area contributed by atoms with E-state index in [4.69, 9.17) is 15.2 Å². The average Bonchev–Trinajstić information content (AvgIpc) is 2.72. The van der Waals surface area contributed by atoms with Gasteiger partial charge in [0.2, 0.25) is 0 Å². The minimum absolute atomic E-state index is 0.0279. The molecule has 0 aromatic heterocycles. The first kappa shape index (κ1) is 13.2. The second-order valence-electron chi connectivity index (χ2n) is 6.52. The fourth-order valence-corrected chi connectivity index (χ4v) is 4.12. The van der Waals surface area contributed by atoms with E-state index in [1.54, 1.807) is 7.11 Å². The summed E-state index contributed by atoms with van der Waals surface area (Å²) in [7, 11) is 3.89. The topological polar surface area (TPSA) is 47.7 Å². The Bertz CT molecular complexity index is 613. The molecule has 0 saturated heterocycles. The van der Waals surface area contributed by atoms with Crippen LogP contribution in [0.4, 0.5) is 0 Å². The third kappa shape index (κ3) is 1.75. The molecule has 0 saturated carbocycles. The van der Waals surface area contributed by atoms with E-state index in [9.17, 15) is 0 Å². The van der Waals surface area contributed by atoms with Crippen LogP contribution in [0.3, 0.4) is 0 Å². The summed E-state index contributed by atoms with van der Waals surface area (Å²) in [6, 6.07) is 4.31. The predicted molar refractivity (Wildman–Crippen MR) is 81.8 cm³/mol. The van der Waals surface area contributed by atoms with Gasteiger partial charge in [0.1, 0.15) is 6.10 Å². The Labute approximate surface area is 125 Å². The first-order valence-electron chi connectivity index (χ1n) is 7.64. The van der Waals surface area contributed by atoms with Crippen LogP contribution in [0.25, 0.3) is 0 Å². The third-order valence-electron chi connectivity index (χ3n) is 5.20. The first-order chi connectivity index (χ1) is 10.1. The summed E-state index contributed by atoms with van der Waals surface area (Å²) >= 11 is 0. The zero-order valence-electron chi connectivity index (χ0n) is 12.6. The van der Waals surface area contributed by atoms with Crippen molar-refractivity contribution in [3.8, 4) is 11.5 Å². The van der Waals surface area contributed by atoms with Crippen LogP contribution >= 0.6 is 0 Å². The van der Waals surface area contributed by atoms with Crippen molar-refractivity contribution in [2.75, 3.05) is 20.7 Å². The van der Waals surface area contributed by atoms with Crippen LogP contribution < -0.4 is 15.2 Å². The molecule has 0 bridgehead atoms. The monoisotopic (exact) mass is 286 g/mol. The summed E-state index contributed by atoms with van der Waals surface area (Å²) < 4.78 is 11.9. The van der Waals surface area contributed by atoms with E-state index in [1.165, 1.54) is 11.1 Å². The Balaban J connectivity index is 1.95. The molecule has 1 aromatic carbocycles. The van der Waals surface area contributed by atoms with Crippen LogP contribution in [0.1, 0.15) is 24.0 Å². The van der Waals surface area contributed by atoms with Crippen molar-refractivity contribution in [2.24, 2.45) is 5.73 Å². The van der Waals surface area contributed by atoms with E-state index in [0.717, 1.165) is 37.4 Å². The normalized spacial score (nSPS) is 33.9. The lowest BCUT2D eigenvalue weighted by Gasteiger charge is -2.36. The molecule has 21 heavy (non-hydrogen) atoms. The summed E-state index contributed by atoms with van der Waals surface area (Å²) in [6.45, 7) is 2.03. The molecule has 2 N–H and O–H groups in total. The number of benzene rings is 1. The van der Waals surface area contributed by atoms with Gasteiger partial charge in [0, 0.05) is 24.6 Å². The number of nitrogens with two attached hydrogens (primary N) is 1. The lowest BCUT2D eigenvalue weighted by molar-refractivity contribution is 0.134. The van der Waals surface area contributed by atoms with Gasteiger partial charge >= 0.3 is 0 Å². The van der Waals surface area contributed by atoms with E-state index in [2.05, 4.69) is 30.2 Å². The molecule has 2 aliphatic heterocycles. The molecule has 0 fully saturated rings. The number of rotatable bonds is 1. The molecule has 0 unspecified atom stereocenters. The predicted octanol–water partition coefficient (Wildman–Crippen LogP) is 1.82. The molecule has 1 aromatic rings. The molecule has 1 spiro atoms. The molecule has 3 atom stereocenters. The van der Waals surface area contributed by atoms with E-state index in [0.29, 0.717) is 0 Å². The van der Waals surface area contributed by atoms with Crippen molar-refractivity contribution >= 4 is 0 Å². The van der Waals surface area contributed by atoms with Crippen LogP contribution in [0.15, 0.2) is 24.3 Å². The van der Waals surface area contributed by atoms with Gasteiger partial charge in [-0.15, -0.1) is 0 Å². The fourth-order valence-electron chi connectivity index (χ4n) is 4.12. The molecule has 1 aliphatic carbocycles. The molecular weight excluding hydrogens is 264 g/mol. The van der Waals surface area contributed by atoms with E-state index in [1.807, 2.05) is 6.07 Å². The van der Waals surface area contributed by atoms with Gasteiger partial charge in [-0.25, -0.2) is 0 Å². The molecule has 112 valence electrons. The van der Waals surface area contributed by atoms with Crippen LogP contribution in [0, 0.1) is 0 Å². The number of hydrogen-bond acceptors (Lipinski definition) is 4. The molecule has 3 aliphatic rings. The van der Waals surface area contributed by atoms with Crippen molar-refractivity contribution in [1.29, 1.82) is 0 Å². The van der Waals surface area contributed by atoms with E-state index >= 15 is 0 Å². The summed E-state index contributed by atoms with van der Waals surface area (Å²) in [4.78, 5) is 2.38. The molecule has 4 heteroatoms.